The highest BCUT2D eigenvalue weighted by atomic mass is 79.9. The Morgan fingerprint density at radius 2 is 2.33 bits per heavy atom. The quantitative estimate of drug-likeness (QED) is 0.853. The Balaban J connectivity index is 3.27. The number of hydrogen-bond donors (Lipinski definition) is 0. The average Bonchev–Trinajstić information content (AvgIpc) is 2.20. The molecule has 0 aromatic carbocycles. The third-order valence-electron chi connectivity index (χ3n) is 1.75. The van der Waals surface area contributed by atoms with Crippen LogP contribution in [0.15, 0.2) is 10.7 Å². The highest BCUT2D eigenvalue weighted by Gasteiger charge is 2.20. The summed E-state index contributed by atoms with van der Waals surface area (Å²) >= 11 is 3.11. The smallest absolute Gasteiger partial charge is 0.284 e. The summed E-state index contributed by atoms with van der Waals surface area (Å²) in [5.74, 6) is -0.0160. The molecule has 1 aromatic rings. The molecule has 0 aliphatic rings. The van der Waals surface area contributed by atoms with Gasteiger partial charge in [-0.2, -0.15) is 5.26 Å². The predicted molar refractivity (Wildman–Crippen MR) is 52.8 cm³/mol. The Labute approximate surface area is 93.8 Å². The minimum absolute atomic E-state index is 0.0160. The van der Waals surface area contributed by atoms with Gasteiger partial charge in [0.1, 0.15) is 5.69 Å². The highest BCUT2D eigenvalue weighted by molar-refractivity contribution is 9.10. The van der Waals surface area contributed by atoms with Crippen LogP contribution in [0.2, 0.25) is 0 Å². The van der Waals surface area contributed by atoms with Crippen molar-refractivity contribution in [3.63, 3.8) is 0 Å². The maximum Gasteiger partial charge on any atom is 0.284 e. The first kappa shape index (κ1) is 11.9. The molecule has 0 atom stereocenters. The van der Waals surface area contributed by atoms with Crippen molar-refractivity contribution >= 4 is 15.9 Å². The maximum atomic E-state index is 12.5. The lowest BCUT2D eigenvalue weighted by molar-refractivity contribution is 0.141. The summed E-state index contributed by atoms with van der Waals surface area (Å²) in [6.45, 7) is 0. The SMILES string of the molecule is COc1c(C(F)F)ncc(CC#N)c1Br. The van der Waals surface area contributed by atoms with Gasteiger partial charge in [-0.25, -0.2) is 8.78 Å². The van der Waals surface area contributed by atoms with Gasteiger partial charge in [0, 0.05) is 11.8 Å². The zero-order valence-corrected chi connectivity index (χ0v) is 9.38. The molecule has 0 spiro atoms. The number of hydrogen-bond acceptors (Lipinski definition) is 3. The molecule has 0 fully saturated rings. The molecule has 6 heteroatoms. The Hall–Kier alpha value is -1.22. The highest BCUT2D eigenvalue weighted by Crippen LogP contribution is 2.35. The summed E-state index contributed by atoms with van der Waals surface area (Å²) in [4.78, 5) is 3.57. The van der Waals surface area contributed by atoms with E-state index in [1.165, 1.54) is 13.3 Å². The summed E-state index contributed by atoms with van der Waals surface area (Å²) in [7, 11) is 1.28. The van der Waals surface area contributed by atoms with Gasteiger partial charge in [0.05, 0.1) is 24.1 Å². The largest absolute Gasteiger partial charge is 0.493 e. The Bertz CT molecular complexity index is 404. The van der Waals surface area contributed by atoms with Gasteiger partial charge in [-0.1, -0.05) is 0 Å². The van der Waals surface area contributed by atoms with Crippen LogP contribution in [0.25, 0.3) is 0 Å². The van der Waals surface area contributed by atoms with E-state index in [0.717, 1.165) is 0 Å². The van der Waals surface area contributed by atoms with Crippen molar-refractivity contribution in [1.29, 1.82) is 5.26 Å². The number of pyridine rings is 1. The molecular formula is C9H7BrF2N2O. The summed E-state index contributed by atoms with van der Waals surface area (Å²) < 4.78 is 30.2. The van der Waals surface area contributed by atoms with Gasteiger partial charge in [-0.3, -0.25) is 4.98 Å². The van der Waals surface area contributed by atoms with E-state index in [4.69, 9.17) is 10.00 Å². The lowest BCUT2D eigenvalue weighted by atomic mass is 10.2. The molecule has 1 rings (SSSR count). The van der Waals surface area contributed by atoms with Gasteiger partial charge in [0.25, 0.3) is 6.43 Å². The van der Waals surface area contributed by atoms with Crippen LogP contribution in [0.1, 0.15) is 17.7 Å². The molecule has 0 bridgehead atoms. The van der Waals surface area contributed by atoms with Crippen molar-refractivity contribution in [3.8, 4) is 11.8 Å². The summed E-state index contributed by atoms with van der Waals surface area (Å²) in [6.07, 6.45) is -1.36. The molecule has 0 saturated carbocycles. The van der Waals surface area contributed by atoms with Crippen molar-refractivity contribution in [2.45, 2.75) is 12.8 Å². The van der Waals surface area contributed by atoms with Crippen molar-refractivity contribution < 1.29 is 13.5 Å². The number of aromatic nitrogens is 1. The fraction of sp³-hybridized carbons (Fsp3) is 0.333. The molecule has 0 amide bonds. The summed E-state index contributed by atoms with van der Waals surface area (Å²) in [6, 6.07) is 1.91. The number of alkyl halides is 2. The first-order valence-corrected chi connectivity index (χ1v) is 4.77. The van der Waals surface area contributed by atoms with Crippen molar-refractivity contribution in [2.24, 2.45) is 0 Å². The summed E-state index contributed by atoms with van der Waals surface area (Å²) in [5.41, 5.74) is 0.102. The third kappa shape index (κ3) is 2.42. The van der Waals surface area contributed by atoms with Crippen molar-refractivity contribution in [1.82, 2.24) is 4.98 Å². The molecule has 0 saturated heterocycles. The molecule has 0 aliphatic heterocycles. The fourth-order valence-corrected chi connectivity index (χ4v) is 1.69. The van der Waals surface area contributed by atoms with Gasteiger partial charge in [0.2, 0.25) is 0 Å². The maximum absolute atomic E-state index is 12.5. The van der Waals surface area contributed by atoms with E-state index in [1.807, 2.05) is 6.07 Å². The van der Waals surface area contributed by atoms with Crippen molar-refractivity contribution in [2.75, 3.05) is 7.11 Å². The molecule has 0 N–H and O–H groups in total. The first-order chi connectivity index (χ1) is 7.11. The first-order valence-electron chi connectivity index (χ1n) is 3.98. The molecular weight excluding hydrogens is 270 g/mol. The second kappa shape index (κ2) is 5.03. The van der Waals surface area contributed by atoms with E-state index in [2.05, 4.69) is 20.9 Å². The number of nitrogens with zero attached hydrogens (tertiary/aromatic N) is 2. The predicted octanol–water partition coefficient (Wildman–Crippen LogP) is 2.86. The second-order valence-corrected chi connectivity index (χ2v) is 3.44. The van der Waals surface area contributed by atoms with E-state index >= 15 is 0 Å². The summed E-state index contributed by atoms with van der Waals surface area (Å²) in [5, 5.41) is 8.50. The molecule has 3 nitrogen and oxygen atoms in total. The lowest BCUT2D eigenvalue weighted by Crippen LogP contribution is -2.00. The van der Waals surface area contributed by atoms with Crippen LogP contribution in [0.3, 0.4) is 0 Å². The Morgan fingerprint density at radius 3 is 2.80 bits per heavy atom. The van der Waals surface area contributed by atoms with Gasteiger partial charge in [0.15, 0.2) is 5.75 Å². The molecule has 1 aromatic heterocycles. The Morgan fingerprint density at radius 1 is 1.67 bits per heavy atom. The van der Waals surface area contributed by atoms with E-state index in [1.54, 1.807) is 0 Å². The monoisotopic (exact) mass is 276 g/mol. The van der Waals surface area contributed by atoms with Crippen LogP contribution < -0.4 is 4.74 Å². The topological polar surface area (TPSA) is 45.9 Å². The average molecular weight is 277 g/mol. The zero-order chi connectivity index (χ0) is 11.4. The fourth-order valence-electron chi connectivity index (χ4n) is 1.08. The number of methoxy groups -OCH3 is 1. The second-order valence-electron chi connectivity index (χ2n) is 2.65. The van der Waals surface area contributed by atoms with Crippen molar-refractivity contribution in [3.05, 3.63) is 21.9 Å². The van der Waals surface area contributed by atoms with Crippen LogP contribution in [-0.4, -0.2) is 12.1 Å². The van der Waals surface area contributed by atoms with E-state index in [9.17, 15) is 8.78 Å². The minimum atomic E-state index is -2.70. The molecule has 1 heterocycles. The van der Waals surface area contributed by atoms with E-state index < -0.39 is 12.1 Å². The van der Waals surface area contributed by atoms with E-state index in [-0.39, 0.29) is 12.2 Å². The minimum Gasteiger partial charge on any atom is -0.493 e. The molecule has 0 radical (unpaired) electrons. The van der Waals surface area contributed by atoms with Gasteiger partial charge in [-0.15, -0.1) is 0 Å². The van der Waals surface area contributed by atoms with Gasteiger partial charge >= 0.3 is 0 Å². The van der Waals surface area contributed by atoms with Crippen LogP contribution >= 0.6 is 15.9 Å². The zero-order valence-electron chi connectivity index (χ0n) is 7.80. The van der Waals surface area contributed by atoms with Crippen LogP contribution in [0, 0.1) is 11.3 Å². The third-order valence-corrected chi connectivity index (χ3v) is 2.62. The van der Waals surface area contributed by atoms with Gasteiger partial charge in [-0.05, 0) is 15.9 Å². The van der Waals surface area contributed by atoms with Crippen LogP contribution in [0.4, 0.5) is 8.78 Å². The number of rotatable bonds is 3. The number of ether oxygens (including phenoxy) is 1. The number of nitriles is 1. The standard InChI is InChI=1S/C9H7BrF2N2O/c1-15-8-6(10)5(2-3-13)4-14-7(8)9(11)12/h4,9H,2H2,1H3. The molecule has 80 valence electrons. The lowest BCUT2D eigenvalue weighted by Gasteiger charge is -2.10. The molecule has 15 heavy (non-hydrogen) atoms. The van der Waals surface area contributed by atoms with Gasteiger partial charge < -0.3 is 4.74 Å². The Kier molecular flexibility index (Phi) is 3.97. The van der Waals surface area contributed by atoms with E-state index in [0.29, 0.717) is 10.0 Å². The normalized spacial score (nSPS) is 10.1. The molecule has 0 unspecified atom stereocenters. The number of halogens is 3. The van der Waals surface area contributed by atoms with Crippen LogP contribution in [-0.2, 0) is 6.42 Å². The molecule has 0 aliphatic carbocycles. The van der Waals surface area contributed by atoms with Crippen LogP contribution in [0.5, 0.6) is 5.75 Å².